The zero-order valence-electron chi connectivity index (χ0n) is 6.85. The Labute approximate surface area is 71.1 Å². The van der Waals surface area contributed by atoms with Gasteiger partial charge in [-0.3, -0.25) is 0 Å². The van der Waals surface area contributed by atoms with Crippen LogP contribution in [0.15, 0.2) is 0 Å². The number of rotatable bonds is 5. The van der Waals surface area contributed by atoms with Crippen LogP contribution in [0.4, 0.5) is 0 Å². The third kappa shape index (κ3) is 1.95. The summed E-state index contributed by atoms with van der Waals surface area (Å²) in [5, 5.41) is 18.6. The van der Waals surface area contributed by atoms with Gasteiger partial charge in [0, 0.05) is 12.5 Å². The standard InChI is InChI=1S/C8H14O4/c9-2-5(1-6-3-11-6)8(10)7-4-12-7/h5-10H,1-4H2. The maximum Gasteiger partial charge on any atom is 0.107 e. The van der Waals surface area contributed by atoms with E-state index in [4.69, 9.17) is 14.6 Å². The van der Waals surface area contributed by atoms with E-state index in [1.807, 2.05) is 0 Å². The Morgan fingerprint density at radius 1 is 1.33 bits per heavy atom. The lowest BCUT2D eigenvalue weighted by molar-refractivity contribution is 0.0373. The predicted molar refractivity (Wildman–Crippen MR) is 40.7 cm³/mol. The summed E-state index contributed by atoms with van der Waals surface area (Å²) in [7, 11) is 0. The van der Waals surface area contributed by atoms with Gasteiger partial charge in [0.2, 0.25) is 0 Å². The first-order chi connectivity index (χ1) is 5.81. The van der Waals surface area contributed by atoms with Crippen molar-refractivity contribution in [1.82, 2.24) is 0 Å². The molecule has 2 aliphatic rings. The molecule has 4 unspecified atom stereocenters. The number of hydrogen-bond acceptors (Lipinski definition) is 4. The molecule has 2 saturated heterocycles. The van der Waals surface area contributed by atoms with Crippen LogP contribution < -0.4 is 0 Å². The van der Waals surface area contributed by atoms with Crippen molar-refractivity contribution in [2.24, 2.45) is 5.92 Å². The van der Waals surface area contributed by atoms with Crippen molar-refractivity contribution in [3.05, 3.63) is 0 Å². The molecule has 2 rings (SSSR count). The van der Waals surface area contributed by atoms with Crippen LogP contribution in [-0.4, -0.2) is 48.3 Å². The molecular formula is C8H14O4. The summed E-state index contributed by atoms with van der Waals surface area (Å²) in [5.41, 5.74) is 0. The van der Waals surface area contributed by atoms with Gasteiger partial charge in [0.05, 0.1) is 25.4 Å². The van der Waals surface area contributed by atoms with E-state index in [-0.39, 0.29) is 24.7 Å². The molecule has 0 aromatic rings. The molecule has 2 aliphatic heterocycles. The SMILES string of the molecule is OCC(CC1CO1)C(O)C1CO1. The van der Waals surface area contributed by atoms with E-state index >= 15 is 0 Å². The van der Waals surface area contributed by atoms with Gasteiger partial charge < -0.3 is 19.7 Å². The Morgan fingerprint density at radius 3 is 2.42 bits per heavy atom. The molecule has 0 radical (unpaired) electrons. The molecule has 0 spiro atoms. The first-order valence-corrected chi connectivity index (χ1v) is 4.33. The minimum Gasteiger partial charge on any atom is -0.396 e. The Bertz CT molecular complexity index is 153. The lowest BCUT2D eigenvalue weighted by atomic mass is 9.96. The molecule has 2 heterocycles. The van der Waals surface area contributed by atoms with Gasteiger partial charge in [-0.2, -0.15) is 0 Å². The average Bonchev–Trinajstić information content (AvgIpc) is 2.89. The Kier molecular flexibility index (Phi) is 2.32. The zero-order chi connectivity index (χ0) is 8.55. The van der Waals surface area contributed by atoms with Gasteiger partial charge in [0.25, 0.3) is 0 Å². The van der Waals surface area contributed by atoms with Gasteiger partial charge >= 0.3 is 0 Å². The largest absolute Gasteiger partial charge is 0.396 e. The molecule has 2 fully saturated rings. The Balaban J connectivity index is 1.78. The summed E-state index contributed by atoms with van der Waals surface area (Å²) in [4.78, 5) is 0. The van der Waals surface area contributed by atoms with Crippen molar-refractivity contribution in [2.45, 2.75) is 24.7 Å². The number of hydrogen-bond donors (Lipinski definition) is 2. The van der Waals surface area contributed by atoms with Crippen LogP contribution >= 0.6 is 0 Å². The van der Waals surface area contributed by atoms with Crippen molar-refractivity contribution in [2.75, 3.05) is 19.8 Å². The van der Waals surface area contributed by atoms with Crippen LogP contribution in [0.3, 0.4) is 0 Å². The number of aliphatic hydroxyl groups is 2. The molecule has 0 aliphatic carbocycles. The fourth-order valence-corrected chi connectivity index (χ4v) is 1.42. The summed E-state index contributed by atoms with van der Waals surface area (Å²) < 4.78 is 9.98. The lowest BCUT2D eigenvalue weighted by Crippen LogP contribution is -2.30. The van der Waals surface area contributed by atoms with E-state index in [1.165, 1.54) is 0 Å². The summed E-state index contributed by atoms with van der Waals surface area (Å²) >= 11 is 0. The molecule has 0 amide bonds. The predicted octanol–water partition coefficient (Wildman–Crippen LogP) is -0.857. The first kappa shape index (κ1) is 8.44. The molecular weight excluding hydrogens is 160 g/mol. The normalized spacial score (nSPS) is 37.5. The molecule has 4 nitrogen and oxygen atoms in total. The van der Waals surface area contributed by atoms with E-state index in [0.29, 0.717) is 6.61 Å². The Hall–Kier alpha value is -0.160. The van der Waals surface area contributed by atoms with Gasteiger partial charge in [0.1, 0.15) is 6.10 Å². The van der Waals surface area contributed by atoms with Gasteiger partial charge in [-0.15, -0.1) is 0 Å². The number of ether oxygens (including phenoxy) is 2. The van der Waals surface area contributed by atoms with Gasteiger partial charge in [0.15, 0.2) is 0 Å². The van der Waals surface area contributed by atoms with Crippen LogP contribution in [0.2, 0.25) is 0 Å². The summed E-state index contributed by atoms with van der Waals surface area (Å²) in [6.07, 6.45) is 0.452. The highest BCUT2D eigenvalue weighted by Gasteiger charge is 2.39. The minimum atomic E-state index is -0.515. The second-order valence-electron chi connectivity index (χ2n) is 3.50. The van der Waals surface area contributed by atoms with Crippen LogP contribution in [0.25, 0.3) is 0 Å². The van der Waals surface area contributed by atoms with Gasteiger partial charge in [-0.1, -0.05) is 0 Å². The van der Waals surface area contributed by atoms with E-state index in [0.717, 1.165) is 13.0 Å². The fraction of sp³-hybridized carbons (Fsp3) is 1.00. The molecule has 12 heavy (non-hydrogen) atoms. The summed E-state index contributed by atoms with van der Waals surface area (Å²) in [6, 6.07) is 0. The maximum atomic E-state index is 9.58. The second kappa shape index (κ2) is 3.30. The quantitative estimate of drug-likeness (QED) is 0.532. The van der Waals surface area contributed by atoms with Crippen molar-refractivity contribution in [3.63, 3.8) is 0 Å². The topological polar surface area (TPSA) is 65.5 Å². The van der Waals surface area contributed by atoms with Crippen LogP contribution in [0.5, 0.6) is 0 Å². The molecule has 0 saturated carbocycles. The third-order valence-corrected chi connectivity index (χ3v) is 2.43. The van der Waals surface area contributed by atoms with Crippen molar-refractivity contribution >= 4 is 0 Å². The van der Waals surface area contributed by atoms with Crippen molar-refractivity contribution in [3.8, 4) is 0 Å². The van der Waals surface area contributed by atoms with Crippen LogP contribution in [-0.2, 0) is 9.47 Å². The number of aliphatic hydroxyl groups excluding tert-OH is 2. The zero-order valence-corrected chi connectivity index (χ0v) is 6.85. The van der Waals surface area contributed by atoms with Crippen molar-refractivity contribution < 1.29 is 19.7 Å². The van der Waals surface area contributed by atoms with Gasteiger partial charge in [-0.05, 0) is 6.42 Å². The molecule has 70 valence electrons. The van der Waals surface area contributed by atoms with E-state index < -0.39 is 6.10 Å². The smallest absolute Gasteiger partial charge is 0.107 e. The summed E-state index contributed by atoms with van der Waals surface area (Å²) in [5.74, 6) is -0.0787. The minimum absolute atomic E-state index is 0.0148. The van der Waals surface area contributed by atoms with Crippen LogP contribution in [0.1, 0.15) is 6.42 Å². The highest BCUT2D eigenvalue weighted by molar-refractivity contribution is 4.86. The third-order valence-electron chi connectivity index (χ3n) is 2.43. The molecule has 4 atom stereocenters. The molecule has 4 heteroatoms. The monoisotopic (exact) mass is 174 g/mol. The molecule has 0 aromatic carbocycles. The molecule has 0 bridgehead atoms. The highest BCUT2D eigenvalue weighted by atomic mass is 16.6. The van der Waals surface area contributed by atoms with E-state index in [9.17, 15) is 5.11 Å². The second-order valence-corrected chi connectivity index (χ2v) is 3.50. The maximum absolute atomic E-state index is 9.58. The summed E-state index contributed by atoms with van der Waals surface area (Å²) in [6.45, 7) is 1.42. The van der Waals surface area contributed by atoms with E-state index in [1.54, 1.807) is 0 Å². The fourth-order valence-electron chi connectivity index (χ4n) is 1.42. The number of epoxide rings is 2. The Morgan fingerprint density at radius 2 is 2.00 bits per heavy atom. The molecule has 2 N–H and O–H groups in total. The van der Waals surface area contributed by atoms with Crippen molar-refractivity contribution in [1.29, 1.82) is 0 Å². The first-order valence-electron chi connectivity index (χ1n) is 4.33. The highest BCUT2D eigenvalue weighted by Crippen LogP contribution is 2.27. The molecule has 0 aromatic heterocycles. The lowest BCUT2D eigenvalue weighted by Gasteiger charge is -2.17. The van der Waals surface area contributed by atoms with E-state index in [2.05, 4.69) is 0 Å². The van der Waals surface area contributed by atoms with Gasteiger partial charge in [-0.25, -0.2) is 0 Å². The van der Waals surface area contributed by atoms with Crippen LogP contribution in [0, 0.1) is 5.92 Å². The average molecular weight is 174 g/mol.